The molecule has 1 fully saturated rings. The maximum Gasteiger partial charge on any atom is 0.223 e. The molecule has 0 bridgehead atoms. The summed E-state index contributed by atoms with van der Waals surface area (Å²) >= 11 is 1.61. The van der Waals surface area contributed by atoms with Gasteiger partial charge in [-0.2, -0.15) is 5.10 Å². The van der Waals surface area contributed by atoms with E-state index in [1.807, 2.05) is 41.5 Å². The fourth-order valence-electron chi connectivity index (χ4n) is 4.23. The van der Waals surface area contributed by atoms with Crippen LogP contribution in [-0.2, 0) is 11.2 Å². The summed E-state index contributed by atoms with van der Waals surface area (Å²) in [6.45, 7) is 9.07. The number of fused-ring (bicyclic) bond motifs is 2. The monoisotopic (exact) mass is 435 g/mol. The molecule has 160 valence electrons. The molecule has 1 aliphatic heterocycles. The fourth-order valence-corrected chi connectivity index (χ4v) is 5.19. The minimum Gasteiger partial charge on any atom is -0.344 e. The lowest BCUT2D eigenvalue weighted by atomic mass is 10.1. The number of carbonyl (C=O) groups excluding carboxylic acids is 1. The molecule has 0 aliphatic carbocycles. The summed E-state index contributed by atoms with van der Waals surface area (Å²) in [6.07, 6.45) is 2.97. The summed E-state index contributed by atoms with van der Waals surface area (Å²) in [5.41, 5.74) is 5.91. The third-order valence-corrected chi connectivity index (χ3v) is 6.97. The summed E-state index contributed by atoms with van der Waals surface area (Å²) in [7, 11) is 0. The predicted molar refractivity (Wildman–Crippen MR) is 122 cm³/mol. The van der Waals surface area contributed by atoms with Gasteiger partial charge in [0, 0.05) is 56.3 Å². The lowest BCUT2D eigenvalue weighted by Crippen LogP contribution is -2.48. The molecule has 1 aliphatic rings. The number of anilines is 1. The molecule has 0 spiro atoms. The Labute approximate surface area is 184 Å². The topological polar surface area (TPSA) is 79.5 Å². The highest BCUT2D eigenvalue weighted by molar-refractivity contribution is 7.21. The Morgan fingerprint density at radius 1 is 1.13 bits per heavy atom. The quantitative estimate of drug-likeness (QED) is 0.490. The van der Waals surface area contributed by atoms with Crippen molar-refractivity contribution in [3.8, 4) is 0 Å². The average Bonchev–Trinajstić information content (AvgIpc) is 3.36. The van der Waals surface area contributed by atoms with Crippen LogP contribution in [0.2, 0.25) is 0 Å². The van der Waals surface area contributed by atoms with Crippen LogP contribution in [0.5, 0.6) is 0 Å². The summed E-state index contributed by atoms with van der Waals surface area (Å²) in [5.74, 6) is 0.196. The van der Waals surface area contributed by atoms with Crippen molar-refractivity contribution in [1.29, 1.82) is 0 Å². The van der Waals surface area contributed by atoms with Gasteiger partial charge in [0.25, 0.3) is 0 Å². The Morgan fingerprint density at radius 3 is 2.71 bits per heavy atom. The number of pyridine rings is 1. The van der Waals surface area contributed by atoms with Gasteiger partial charge in [0.1, 0.15) is 10.3 Å². The second kappa shape index (κ2) is 7.88. The van der Waals surface area contributed by atoms with Gasteiger partial charge in [-0.15, -0.1) is 0 Å². The van der Waals surface area contributed by atoms with Crippen LogP contribution in [0.3, 0.4) is 0 Å². The van der Waals surface area contributed by atoms with Crippen LogP contribution in [0.25, 0.3) is 16.0 Å². The SMILES string of the molecule is Cc1cc2nc(C)c(CCC(=O)N3CCN(c4nc5cccnc5s4)CC3)c(C)n2n1. The smallest absolute Gasteiger partial charge is 0.223 e. The Balaban J connectivity index is 1.22. The first-order chi connectivity index (χ1) is 15.0. The largest absolute Gasteiger partial charge is 0.344 e. The standard InChI is InChI=1S/C22H25N7OS/c1-14-13-19-24-15(2)17(16(3)29(19)26-14)6-7-20(30)27-9-11-28(12-10-27)22-25-18-5-4-8-23-21(18)31-22/h4-5,8,13H,6-7,9-12H2,1-3H3. The summed E-state index contributed by atoms with van der Waals surface area (Å²) in [5, 5.41) is 5.52. The molecular weight excluding hydrogens is 410 g/mol. The Bertz CT molecular complexity index is 1240. The van der Waals surface area contributed by atoms with Gasteiger partial charge < -0.3 is 9.80 Å². The van der Waals surface area contributed by atoms with Gasteiger partial charge in [0.05, 0.1) is 5.69 Å². The minimum absolute atomic E-state index is 0.196. The first kappa shape index (κ1) is 19.9. The van der Waals surface area contributed by atoms with Crippen molar-refractivity contribution in [2.24, 2.45) is 0 Å². The average molecular weight is 436 g/mol. The van der Waals surface area contributed by atoms with Crippen molar-refractivity contribution in [3.63, 3.8) is 0 Å². The number of amides is 1. The number of hydrogen-bond acceptors (Lipinski definition) is 7. The van der Waals surface area contributed by atoms with Gasteiger partial charge in [0.2, 0.25) is 5.91 Å². The molecule has 31 heavy (non-hydrogen) atoms. The normalized spacial score (nSPS) is 14.7. The zero-order valence-electron chi connectivity index (χ0n) is 18.0. The summed E-state index contributed by atoms with van der Waals surface area (Å²) in [4.78, 5) is 31.8. The molecule has 9 heteroatoms. The Kier molecular flexibility index (Phi) is 5.05. The minimum atomic E-state index is 0.196. The number of nitrogens with zero attached hydrogens (tertiary/aromatic N) is 7. The molecular formula is C22H25N7OS. The molecule has 4 aromatic rings. The van der Waals surface area contributed by atoms with Crippen LogP contribution in [0, 0.1) is 20.8 Å². The zero-order chi connectivity index (χ0) is 21.5. The fraction of sp³-hybridized carbons (Fsp3) is 0.409. The zero-order valence-corrected chi connectivity index (χ0v) is 18.8. The molecule has 1 amide bonds. The van der Waals surface area contributed by atoms with Crippen molar-refractivity contribution in [2.45, 2.75) is 33.6 Å². The van der Waals surface area contributed by atoms with E-state index in [4.69, 9.17) is 4.98 Å². The lowest BCUT2D eigenvalue weighted by Gasteiger charge is -2.34. The third kappa shape index (κ3) is 3.74. The predicted octanol–water partition coefficient (Wildman–Crippen LogP) is 2.94. The van der Waals surface area contributed by atoms with Gasteiger partial charge in [-0.25, -0.2) is 19.5 Å². The first-order valence-electron chi connectivity index (χ1n) is 10.6. The number of piperazine rings is 1. The molecule has 0 N–H and O–H groups in total. The van der Waals surface area contributed by atoms with E-state index in [0.29, 0.717) is 12.8 Å². The van der Waals surface area contributed by atoms with E-state index in [-0.39, 0.29) is 5.91 Å². The van der Waals surface area contributed by atoms with Crippen LogP contribution in [0.15, 0.2) is 24.4 Å². The second-order valence-corrected chi connectivity index (χ2v) is 8.96. The van der Waals surface area contributed by atoms with Crippen molar-refractivity contribution < 1.29 is 4.79 Å². The number of carbonyl (C=O) groups is 1. The van der Waals surface area contributed by atoms with Gasteiger partial charge in [-0.1, -0.05) is 11.3 Å². The van der Waals surface area contributed by atoms with Crippen molar-refractivity contribution in [2.75, 3.05) is 31.1 Å². The molecule has 1 saturated heterocycles. The van der Waals surface area contributed by atoms with Crippen molar-refractivity contribution >= 4 is 38.4 Å². The van der Waals surface area contributed by atoms with Crippen LogP contribution in [0.1, 0.15) is 29.1 Å². The number of rotatable bonds is 4. The molecule has 0 unspecified atom stereocenters. The molecule has 8 nitrogen and oxygen atoms in total. The highest BCUT2D eigenvalue weighted by atomic mass is 32.1. The van der Waals surface area contributed by atoms with E-state index in [0.717, 1.165) is 70.0 Å². The Hall–Kier alpha value is -3.07. The van der Waals surface area contributed by atoms with E-state index in [9.17, 15) is 4.79 Å². The van der Waals surface area contributed by atoms with Crippen LogP contribution >= 0.6 is 11.3 Å². The highest BCUT2D eigenvalue weighted by Crippen LogP contribution is 2.27. The van der Waals surface area contributed by atoms with Crippen LogP contribution in [-0.4, -0.2) is 61.6 Å². The molecule has 0 aromatic carbocycles. The summed E-state index contributed by atoms with van der Waals surface area (Å²) < 4.78 is 1.88. The van der Waals surface area contributed by atoms with E-state index >= 15 is 0 Å². The number of hydrogen-bond donors (Lipinski definition) is 0. The number of thiazole rings is 1. The van der Waals surface area contributed by atoms with E-state index in [1.54, 1.807) is 17.5 Å². The van der Waals surface area contributed by atoms with Crippen molar-refractivity contribution in [3.05, 3.63) is 47.0 Å². The molecule has 4 aromatic heterocycles. The lowest BCUT2D eigenvalue weighted by molar-refractivity contribution is -0.131. The first-order valence-corrected chi connectivity index (χ1v) is 11.4. The van der Waals surface area contributed by atoms with E-state index in [1.165, 1.54) is 0 Å². The molecule has 0 atom stereocenters. The Morgan fingerprint density at radius 2 is 1.94 bits per heavy atom. The highest BCUT2D eigenvalue weighted by Gasteiger charge is 2.23. The van der Waals surface area contributed by atoms with Gasteiger partial charge in [-0.05, 0) is 44.9 Å². The van der Waals surface area contributed by atoms with Crippen LogP contribution < -0.4 is 4.90 Å². The van der Waals surface area contributed by atoms with Gasteiger partial charge in [-0.3, -0.25) is 4.79 Å². The van der Waals surface area contributed by atoms with Crippen LogP contribution in [0.4, 0.5) is 5.13 Å². The second-order valence-electron chi connectivity index (χ2n) is 8.01. The number of aromatic nitrogens is 5. The maximum atomic E-state index is 12.9. The summed E-state index contributed by atoms with van der Waals surface area (Å²) in [6, 6.07) is 5.88. The van der Waals surface area contributed by atoms with Gasteiger partial charge >= 0.3 is 0 Å². The van der Waals surface area contributed by atoms with E-state index < -0.39 is 0 Å². The van der Waals surface area contributed by atoms with E-state index in [2.05, 4.69) is 26.9 Å². The number of aryl methyl sites for hydroxylation is 3. The molecule has 0 radical (unpaired) electrons. The maximum absolute atomic E-state index is 12.9. The molecule has 0 saturated carbocycles. The van der Waals surface area contributed by atoms with Gasteiger partial charge in [0.15, 0.2) is 10.8 Å². The van der Waals surface area contributed by atoms with Crippen molar-refractivity contribution in [1.82, 2.24) is 29.5 Å². The molecule has 5 rings (SSSR count). The third-order valence-electron chi connectivity index (χ3n) is 5.93. The molecule has 5 heterocycles.